The summed E-state index contributed by atoms with van der Waals surface area (Å²) in [6.07, 6.45) is 7.93. The second-order valence-corrected chi connectivity index (χ2v) is 7.29. The van der Waals surface area contributed by atoms with E-state index in [4.69, 9.17) is 5.11 Å². The summed E-state index contributed by atoms with van der Waals surface area (Å²) in [5.41, 5.74) is 0. The third-order valence-corrected chi connectivity index (χ3v) is 4.88. The van der Waals surface area contributed by atoms with Gasteiger partial charge in [-0.25, -0.2) is 4.39 Å². The SMILES string of the molecule is C[C@@H](O)CCC[C@H](O)/C=C/[C@@H]1[C@@H](C/C=C\CCCC(=O)O)[C@H](F)C[C@H]1O. The Morgan fingerprint density at radius 2 is 1.96 bits per heavy atom. The first-order valence-electron chi connectivity index (χ1n) is 9.54. The fourth-order valence-corrected chi connectivity index (χ4v) is 3.38. The van der Waals surface area contributed by atoms with Crippen LogP contribution in [0.4, 0.5) is 4.39 Å². The average molecular weight is 372 g/mol. The number of alkyl halides is 1. The van der Waals surface area contributed by atoms with Gasteiger partial charge in [0.2, 0.25) is 0 Å². The molecule has 4 N–H and O–H groups in total. The van der Waals surface area contributed by atoms with Gasteiger partial charge in [-0.3, -0.25) is 4.79 Å². The summed E-state index contributed by atoms with van der Waals surface area (Å²) in [5.74, 6) is -1.49. The van der Waals surface area contributed by atoms with Crippen molar-refractivity contribution in [2.45, 2.75) is 82.8 Å². The van der Waals surface area contributed by atoms with Crippen molar-refractivity contribution in [1.82, 2.24) is 0 Å². The predicted octanol–water partition coefficient (Wildman–Crippen LogP) is 2.99. The molecule has 0 amide bonds. The molecule has 0 spiro atoms. The third kappa shape index (κ3) is 8.92. The van der Waals surface area contributed by atoms with Gasteiger partial charge < -0.3 is 20.4 Å². The summed E-state index contributed by atoms with van der Waals surface area (Å²) in [4.78, 5) is 10.4. The summed E-state index contributed by atoms with van der Waals surface area (Å²) in [6.45, 7) is 1.71. The lowest BCUT2D eigenvalue weighted by atomic mass is 9.90. The van der Waals surface area contributed by atoms with Crippen LogP contribution >= 0.6 is 0 Å². The van der Waals surface area contributed by atoms with Gasteiger partial charge in [-0.2, -0.15) is 0 Å². The molecular weight excluding hydrogens is 339 g/mol. The van der Waals surface area contributed by atoms with Crippen LogP contribution in [0.1, 0.15) is 58.3 Å². The summed E-state index contributed by atoms with van der Waals surface area (Å²) in [5, 5.41) is 37.9. The number of halogens is 1. The van der Waals surface area contributed by atoms with Crippen LogP contribution in [0.3, 0.4) is 0 Å². The van der Waals surface area contributed by atoms with Gasteiger partial charge in [0.05, 0.1) is 18.3 Å². The maximum Gasteiger partial charge on any atom is 0.303 e. The lowest BCUT2D eigenvalue weighted by Crippen LogP contribution is -2.19. The smallest absolute Gasteiger partial charge is 0.303 e. The Hall–Kier alpha value is -1.24. The maximum absolute atomic E-state index is 14.2. The molecule has 1 rings (SSSR count). The van der Waals surface area contributed by atoms with Gasteiger partial charge in [0.1, 0.15) is 6.17 Å². The van der Waals surface area contributed by atoms with E-state index in [0.717, 1.165) is 0 Å². The zero-order valence-corrected chi connectivity index (χ0v) is 15.5. The topological polar surface area (TPSA) is 98.0 Å². The molecule has 5 nitrogen and oxygen atoms in total. The van der Waals surface area contributed by atoms with Crippen LogP contribution in [0.15, 0.2) is 24.3 Å². The predicted molar refractivity (Wildman–Crippen MR) is 98.4 cm³/mol. The highest BCUT2D eigenvalue weighted by Crippen LogP contribution is 2.38. The lowest BCUT2D eigenvalue weighted by Gasteiger charge is -2.19. The molecule has 6 heteroatoms. The molecule has 150 valence electrons. The Morgan fingerprint density at radius 3 is 2.62 bits per heavy atom. The number of allylic oxidation sites excluding steroid dienone is 2. The molecule has 1 saturated carbocycles. The van der Waals surface area contributed by atoms with E-state index in [1.54, 1.807) is 19.1 Å². The molecule has 1 fully saturated rings. The number of aliphatic carboxylic acids is 1. The van der Waals surface area contributed by atoms with Gasteiger partial charge in [0, 0.05) is 24.7 Å². The summed E-state index contributed by atoms with van der Waals surface area (Å²) >= 11 is 0. The summed E-state index contributed by atoms with van der Waals surface area (Å²) in [7, 11) is 0. The highest BCUT2D eigenvalue weighted by molar-refractivity contribution is 5.66. The Balaban J connectivity index is 2.46. The molecular formula is C20H33FO5. The standard InChI is InChI=1S/C20H33FO5/c1-14(22)7-6-8-15(23)11-12-17-16(18(21)13-19(17)24)9-4-2-3-5-10-20(25)26/h2,4,11-12,14-19,22-24H,3,5-10,13H2,1H3,(H,25,26)/b4-2-,12-11+/t14-,15+,16-,17-,18-,19-/m1/s1. The van der Waals surface area contributed by atoms with E-state index in [0.29, 0.717) is 38.5 Å². The third-order valence-electron chi connectivity index (χ3n) is 4.88. The van der Waals surface area contributed by atoms with Crippen LogP contribution in [-0.4, -0.2) is 50.9 Å². The Kier molecular flexibility index (Phi) is 10.7. The van der Waals surface area contributed by atoms with Gasteiger partial charge in [0.25, 0.3) is 0 Å². The first-order chi connectivity index (χ1) is 12.3. The van der Waals surface area contributed by atoms with Crippen LogP contribution in [0, 0.1) is 11.8 Å². The molecule has 0 aliphatic heterocycles. The van der Waals surface area contributed by atoms with Crippen molar-refractivity contribution >= 4 is 5.97 Å². The minimum atomic E-state index is -1.09. The van der Waals surface area contributed by atoms with Crippen molar-refractivity contribution in [2.24, 2.45) is 11.8 Å². The Morgan fingerprint density at radius 1 is 1.23 bits per heavy atom. The molecule has 0 bridgehead atoms. The van der Waals surface area contributed by atoms with Crippen LogP contribution in [0.2, 0.25) is 0 Å². The van der Waals surface area contributed by atoms with Gasteiger partial charge in [-0.05, 0) is 45.4 Å². The van der Waals surface area contributed by atoms with Crippen molar-refractivity contribution in [3.63, 3.8) is 0 Å². The van der Waals surface area contributed by atoms with Gasteiger partial charge in [-0.1, -0.05) is 24.3 Å². The molecule has 1 aliphatic rings. The minimum Gasteiger partial charge on any atom is -0.481 e. The van der Waals surface area contributed by atoms with Crippen LogP contribution in [0.25, 0.3) is 0 Å². The van der Waals surface area contributed by atoms with Crippen molar-refractivity contribution in [2.75, 3.05) is 0 Å². The number of hydrogen-bond donors (Lipinski definition) is 4. The fourth-order valence-electron chi connectivity index (χ4n) is 3.38. The summed E-state index contributed by atoms with van der Waals surface area (Å²) in [6, 6.07) is 0. The molecule has 0 saturated heterocycles. The van der Waals surface area contributed by atoms with Crippen LogP contribution in [-0.2, 0) is 4.79 Å². The van der Waals surface area contributed by atoms with E-state index in [2.05, 4.69) is 0 Å². The number of hydrogen-bond acceptors (Lipinski definition) is 4. The highest BCUT2D eigenvalue weighted by atomic mass is 19.1. The molecule has 0 unspecified atom stereocenters. The molecule has 0 heterocycles. The number of aliphatic hydroxyl groups is 3. The van der Waals surface area contributed by atoms with Crippen molar-refractivity contribution in [3.05, 3.63) is 24.3 Å². The Labute approximate surface area is 155 Å². The molecule has 26 heavy (non-hydrogen) atoms. The van der Waals surface area contributed by atoms with E-state index < -0.39 is 24.3 Å². The van der Waals surface area contributed by atoms with Gasteiger partial charge in [0.15, 0.2) is 0 Å². The number of aliphatic hydroxyl groups excluding tert-OH is 3. The Bertz CT molecular complexity index is 463. The summed E-state index contributed by atoms with van der Waals surface area (Å²) < 4.78 is 14.2. The molecule has 0 radical (unpaired) electrons. The second kappa shape index (κ2) is 12.2. The van der Waals surface area contributed by atoms with E-state index in [1.165, 1.54) is 0 Å². The zero-order valence-electron chi connectivity index (χ0n) is 15.5. The van der Waals surface area contributed by atoms with Crippen LogP contribution < -0.4 is 0 Å². The van der Waals surface area contributed by atoms with Gasteiger partial charge >= 0.3 is 5.97 Å². The zero-order chi connectivity index (χ0) is 19.5. The quantitative estimate of drug-likeness (QED) is 0.312. The van der Waals surface area contributed by atoms with E-state index in [9.17, 15) is 24.5 Å². The molecule has 6 atom stereocenters. The number of rotatable bonds is 12. The van der Waals surface area contributed by atoms with Crippen LogP contribution in [0.5, 0.6) is 0 Å². The van der Waals surface area contributed by atoms with Crippen molar-refractivity contribution < 1.29 is 29.6 Å². The van der Waals surface area contributed by atoms with Crippen molar-refractivity contribution in [1.29, 1.82) is 0 Å². The number of carboxylic acids is 1. The first kappa shape index (κ1) is 22.8. The monoisotopic (exact) mass is 372 g/mol. The molecule has 1 aliphatic carbocycles. The highest BCUT2D eigenvalue weighted by Gasteiger charge is 2.40. The molecule has 0 aromatic carbocycles. The maximum atomic E-state index is 14.2. The molecule has 0 aromatic rings. The fraction of sp³-hybridized carbons (Fsp3) is 0.750. The average Bonchev–Trinajstić information content (AvgIpc) is 2.81. The normalized spacial score (nSPS) is 28.8. The van der Waals surface area contributed by atoms with E-state index in [1.807, 2.05) is 12.2 Å². The van der Waals surface area contributed by atoms with E-state index in [-0.39, 0.29) is 30.8 Å². The van der Waals surface area contributed by atoms with Crippen molar-refractivity contribution in [3.8, 4) is 0 Å². The largest absolute Gasteiger partial charge is 0.481 e. The minimum absolute atomic E-state index is 0.102. The van der Waals surface area contributed by atoms with E-state index >= 15 is 0 Å². The molecule has 0 aromatic heterocycles. The van der Waals surface area contributed by atoms with Gasteiger partial charge in [-0.15, -0.1) is 0 Å². The number of carboxylic acid groups (broad SMARTS) is 1. The first-order valence-corrected chi connectivity index (χ1v) is 9.54. The lowest BCUT2D eigenvalue weighted by molar-refractivity contribution is -0.137. The second-order valence-electron chi connectivity index (χ2n) is 7.29. The number of unbranched alkanes of at least 4 members (excludes halogenated alkanes) is 1. The number of carbonyl (C=O) groups is 1.